The first kappa shape index (κ1) is 18.4. The van der Waals surface area contributed by atoms with Crippen molar-refractivity contribution in [1.29, 1.82) is 0 Å². The molecule has 0 unspecified atom stereocenters. The van der Waals surface area contributed by atoms with Crippen LogP contribution in [-0.4, -0.2) is 75.5 Å². The average molecular weight is 455 g/mol. The number of urea groups is 1. The first-order valence-corrected chi connectivity index (χ1v) is 10.2. The van der Waals surface area contributed by atoms with Crippen LogP contribution in [0.1, 0.15) is 21.5 Å². The summed E-state index contributed by atoms with van der Waals surface area (Å²) in [5.41, 5.74) is 0.894. The molecule has 2 N–H and O–H groups in total. The van der Waals surface area contributed by atoms with Crippen molar-refractivity contribution in [3.63, 3.8) is 0 Å². The number of aromatic nitrogens is 5. The van der Waals surface area contributed by atoms with Gasteiger partial charge >= 0.3 is 6.03 Å². The van der Waals surface area contributed by atoms with E-state index in [0.29, 0.717) is 42.5 Å². The molecule has 0 aliphatic carbocycles. The van der Waals surface area contributed by atoms with E-state index >= 15 is 0 Å². The van der Waals surface area contributed by atoms with Crippen molar-refractivity contribution in [2.24, 2.45) is 7.05 Å². The Bertz CT molecular complexity index is 1300. The highest BCUT2D eigenvalue weighted by molar-refractivity contribution is 6.00. The van der Waals surface area contributed by atoms with Crippen LogP contribution in [-0.2, 0) is 7.05 Å². The van der Waals surface area contributed by atoms with Gasteiger partial charge in [0.2, 0.25) is 0 Å². The summed E-state index contributed by atoms with van der Waals surface area (Å²) in [5, 5.41) is 17.3. The van der Waals surface area contributed by atoms with Crippen molar-refractivity contribution in [3.05, 3.63) is 36.3 Å². The molecule has 0 atom stereocenters. The number of nitrogens with one attached hydrogen (secondary N) is 2. The lowest BCUT2D eigenvalue weighted by Gasteiger charge is -2.19. The van der Waals surface area contributed by atoms with Gasteiger partial charge in [-0.2, -0.15) is 5.10 Å². The maximum absolute atomic E-state index is 12.8. The highest BCUT2D eigenvalue weighted by Crippen LogP contribution is 2.37. The number of ether oxygens (including phenoxy) is 1. The summed E-state index contributed by atoms with van der Waals surface area (Å²) in [5.74, 6) is 0.0688. The molecule has 4 rings (SSSR count). The van der Waals surface area contributed by atoms with Crippen LogP contribution >= 0.6 is 0 Å². The molecule has 1 aliphatic heterocycles. The summed E-state index contributed by atoms with van der Waals surface area (Å²) < 4.78 is 29.3. The second kappa shape index (κ2) is 9.10. The van der Waals surface area contributed by atoms with Gasteiger partial charge in [-0.1, -0.05) is 6.07 Å². The van der Waals surface area contributed by atoms with Crippen molar-refractivity contribution < 1.29 is 18.4 Å². The number of carbonyl (C=O) groups excluding carboxylic acids is 2. The quantitative estimate of drug-likeness (QED) is 0.551. The normalized spacial score (nSPS) is 15.1. The van der Waals surface area contributed by atoms with Gasteiger partial charge in [-0.15, -0.1) is 10.2 Å². The van der Waals surface area contributed by atoms with Crippen LogP contribution in [0, 0.1) is 0 Å². The van der Waals surface area contributed by atoms with E-state index in [1.807, 2.05) is 12.2 Å². The fourth-order valence-corrected chi connectivity index (χ4v) is 3.56. The summed E-state index contributed by atoms with van der Waals surface area (Å²) in [6.45, 7) is 0.597. The van der Waals surface area contributed by atoms with Gasteiger partial charge in [0, 0.05) is 43.8 Å². The number of nitrogens with zero attached hydrogens (tertiary/aromatic N) is 7. The SMILES string of the molecule is [2H]C([2H])([2H])NC(=O)c1nnc(N2CCN(CC)C2=O)cc1Nc1cccc(-c2ncn(C)n2)c1OC. The molecule has 33 heavy (non-hydrogen) atoms. The Morgan fingerprint density at radius 1 is 1.27 bits per heavy atom. The number of carbonyl (C=O) groups is 2. The molecule has 0 radical (unpaired) electrons. The van der Waals surface area contributed by atoms with Crippen LogP contribution in [0.5, 0.6) is 5.75 Å². The number of hydrogen-bond acceptors (Lipinski definition) is 8. The number of methoxy groups -OCH3 is 1. The highest BCUT2D eigenvalue weighted by atomic mass is 16.5. The van der Waals surface area contributed by atoms with Gasteiger partial charge in [0.25, 0.3) is 5.91 Å². The molecule has 1 saturated heterocycles. The van der Waals surface area contributed by atoms with E-state index in [4.69, 9.17) is 8.85 Å². The highest BCUT2D eigenvalue weighted by Gasteiger charge is 2.30. The molecule has 3 amide bonds. The molecule has 0 saturated carbocycles. The molecule has 0 bridgehead atoms. The Kier molecular flexibility index (Phi) is 5.07. The Labute approximate surface area is 194 Å². The molecule has 1 fully saturated rings. The number of aryl methyl sites for hydroxylation is 1. The van der Waals surface area contributed by atoms with Crippen molar-refractivity contribution in [2.75, 3.05) is 43.9 Å². The third kappa shape index (κ3) is 4.14. The zero-order chi connectivity index (χ0) is 26.0. The summed E-state index contributed by atoms with van der Waals surface area (Å²) in [6.07, 6.45) is 1.55. The van der Waals surface area contributed by atoms with Gasteiger partial charge in [0.15, 0.2) is 23.1 Å². The summed E-state index contributed by atoms with van der Waals surface area (Å²) in [4.78, 5) is 32.8. The van der Waals surface area contributed by atoms with Gasteiger partial charge in [0.05, 0.1) is 24.0 Å². The fourth-order valence-electron chi connectivity index (χ4n) is 3.56. The van der Waals surface area contributed by atoms with Gasteiger partial charge < -0.3 is 20.3 Å². The van der Waals surface area contributed by atoms with Crippen molar-refractivity contribution in [1.82, 2.24) is 35.2 Å². The Hall–Kier alpha value is -4.22. The topological polar surface area (TPSA) is 130 Å². The van der Waals surface area contributed by atoms with Gasteiger partial charge in [0.1, 0.15) is 6.33 Å². The summed E-state index contributed by atoms with van der Waals surface area (Å²) >= 11 is 0. The van der Waals surface area contributed by atoms with Crippen molar-refractivity contribution in [3.8, 4) is 17.1 Å². The zero-order valence-corrected chi connectivity index (χ0v) is 18.4. The van der Waals surface area contributed by atoms with E-state index in [9.17, 15) is 9.59 Å². The minimum Gasteiger partial charge on any atom is -0.494 e. The second-order valence-corrected chi connectivity index (χ2v) is 7.19. The van der Waals surface area contributed by atoms with Crippen molar-refractivity contribution in [2.45, 2.75) is 6.92 Å². The summed E-state index contributed by atoms with van der Waals surface area (Å²) in [6, 6.07) is 6.47. The predicted molar refractivity (Wildman–Crippen MR) is 122 cm³/mol. The lowest BCUT2D eigenvalue weighted by atomic mass is 10.1. The summed E-state index contributed by atoms with van der Waals surface area (Å²) in [7, 11) is 3.22. The number of para-hydroxylation sites is 1. The molecule has 2 aromatic heterocycles. The van der Waals surface area contributed by atoms with Gasteiger partial charge in [-0.25, -0.2) is 9.78 Å². The lowest BCUT2D eigenvalue weighted by Crippen LogP contribution is -2.32. The van der Waals surface area contributed by atoms with Gasteiger partial charge in [-0.3, -0.25) is 14.4 Å². The number of amides is 3. The van der Waals surface area contributed by atoms with E-state index in [1.165, 1.54) is 18.1 Å². The molecule has 12 heteroatoms. The molecule has 1 aliphatic rings. The van der Waals surface area contributed by atoms with E-state index < -0.39 is 12.9 Å². The minimum absolute atomic E-state index is 0.133. The molecular weight excluding hydrogens is 426 g/mol. The number of rotatable bonds is 7. The van der Waals surface area contributed by atoms with Crippen molar-refractivity contribution >= 4 is 29.1 Å². The average Bonchev–Trinajstić information content (AvgIpc) is 3.42. The van der Waals surface area contributed by atoms with E-state index in [1.54, 1.807) is 41.2 Å². The fraction of sp³-hybridized carbons (Fsp3) is 0.333. The Morgan fingerprint density at radius 3 is 2.79 bits per heavy atom. The molecule has 1 aromatic carbocycles. The van der Waals surface area contributed by atoms with Crippen LogP contribution in [0.3, 0.4) is 0 Å². The predicted octanol–water partition coefficient (Wildman–Crippen LogP) is 1.65. The number of likely N-dealkylation sites (N-methyl/N-ethyl adjacent to an activating group) is 1. The van der Waals surface area contributed by atoms with Gasteiger partial charge in [-0.05, 0) is 19.1 Å². The smallest absolute Gasteiger partial charge is 0.325 e. The molecule has 172 valence electrons. The maximum Gasteiger partial charge on any atom is 0.325 e. The standard InChI is InChI=1S/C21H25N9O3/c1-5-29-9-10-30(21(29)32)16-11-15(17(26-25-16)20(31)22-2)24-14-8-6-7-13(18(14)33-4)19-23-12-28(3)27-19/h6-8,11-12H,5,9-10H2,1-4H3,(H,22,31)(H,24,25)/i2D3. The van der Waals surface area contributed by atoms with E-state index in [2.05, 4.69) is 25.6 Å². The van der Waals surface area contributed by atoms with Crippen LogP contribution in [0.15, 0.2) is 30.6 Å². The molecule has 12 nitrogen and oxygen atoms in total. The monoisotopic (exact) mass is 454 g/mol. The first-order chi connectivity index (χ1) is 17.1. The lowest BCUT2D eigenvalue weighted by molar-refractivity contribution is 0.0958. The third-order valence-electron chi connectivity index (χ3n) is 5.19. The number of hydrogen-bond donors (Lipinski definition) is 2. The Balaban J connectivity index is 1.77. The first-order valence-electron chi connectivity index (χ1n) is 11.7. The third-order valence-corrected chi connectivity index (χ3v) is 5.19. The van der Waals surface area contributed by atoms with E-state index in [0.717, 1.165) is 0 Å². The van der Waals surface area contributed by atoms with Crippen LogP contribution in [0.2, 0.25) is 0 Å². The maximum atomic E-state index is 12.8. The molecule has 3 aromatic rings. The van der Waals surface area contributed by atoms with Crippen LogP contribution in [0.25, 0.3) is 11.4 Å². The molecule has 0 spiro atoms. The molecule has 3 heterocycles. The minimum atomic E-state index is -2.73. The van der Waals surface area contributed by atoms with Crippen LogP contribution < -0.4 is 20.3 Å². The van der Waals surface area contributed by atoms with E-state index in [-0.39, 0.29) is 23.2 Å². The Morgan fingerprint density at radius 2 is 2.12 bits per heavy atom. The number of benzene rings is 1. The number of anilines is 3. The molecular formula is C21H25N9O3. The van der Waals surface area contributed by atoms with Crippen LogP contribution in [0.4, 0.5) is 22.0 Å². The largest absolute Gasteiger partial charge is 0.494 e. The second-order valence-electron chi connectivity index (χ2n) is 7.19. The zero-order valence-electron chi connectivity index (χ0n) is 21.4.